The Morgan fingerprint density at radius 3 is 2.19 bits per heavy atom. The number of ether oxygens (including phenoxy) is 1. The minimum atomic E-state index is -1.02. The van der Waals surface area contributed by atoms with E-state index in [2.05, 4.69) is 22.8 Å². The molecule has 1 aliphatic carbocycles. The number of thioether (sulfide) groups is 1. The van der Waals surface area contributed by atoms with Crippen LogP contribution in [0, 0.1) is 0 Å². The van der Waals surface area contributed by atoms with E-state index in [9.17, 15) is 14.4 Å². The van der Waals surface area contributed by atoms with Gasteiger partial charge < -0.3 is 20.5 Å². The van der Waals surface area contributed by atoms with Gasteiger partial charge in [-0.05, 0) is 28.7 Å². The molecule has 3 N–H and O–H groups in total. The first-order valence-electron chi connectivity index (χ1n) is 10.2. The summed E-state index contributed by atoms with van der Waals surface area (Å²) >= 11 is 1.72. The summed E-state index contributed by atoms with van der Waals surface area (Å²) in [6.45, 7) is 0.131. The Bertz CT molecular complexity index is 946. The summed E-state index contributed by atoms with van der Waals surface area (Å²) in [6.07, 6.45) is -0.942. The molecule has 1 aliphatic heterocycles. The van der Waals surface area contributed by atoms with Gasteiger partial charge in [-0.2, -0.15) is 11.8 Å². The van der Waals surface area contributed by atoms with E-state index in [0.29, 0.717) is 0 Å². The van der Waals surface area contributed by atoms with Gasteiger partial charge in [0.2, 0.25) is 5.91 Å². The van der Waals surface area contributed by atoms with Crippen LogP contribution in [0.15, 0.2) is 48.5 Å². The first-order valence-corrected chi connectivity index (χ1v) is 11.4. The Hall–Kier alpha value is -3.00. The maximum absolute atomic E-state index is 12.5. The normalized spacial score (nSPS) is 15.9. The quantitative estimate of drug-likeness (QED) is 0.583. The highest BCUT2D eigenvalue weighted by molar-refractivity contribution is 8.00. The number of fused-ring (bicyclic) bond motifs is 3. The summed E-state index contributed by atoms with van der Waals surface area (Å²) in [5.41, 5.74) is 4.45. The molecule has 0 spiro atoms. The van der Waals surface area contributed by atoms with Crippen molar-refractivity contribution in [2.75, 3.05) is 18.1 Å². The van der Waals surface area contributed by atoms with Gasteiger partial charge in [0.1, 0.15) is 12.6 Å². The molecule has 0 radical (unpaired) electrons. The highest BCUT2D eigenvalue weighted by Crippen LogP contribution is 2.44. The van der Waals surface area contributed by atoms with Gasteiger partial charge in [-0.1, -0.05) is 48.5 Å². The van der Waals surface area contributed by atoms with E-state index in [1.54, 1.807) is 11.8 Å². The van der Waals surface area contributed by atoms with Gasteiger partial charge in [-0.25, -0.2) is 4.79 Å². The molecular formula is C23H24N2O5S. The van der Waals surface area contributed by atoms with E-state index in [-0.39, 0.29) is 37.3 Å². The van der Waals surface area contributed by atoms with Crippen LogP contribution in [0.5, 0.6) is 0 Å². The molecule has 31 heavy (non-hydrogen) atoms. The maximum atomic E-state index is 12.5. The number of benzene rings is 2. The van der Waals surface area contributed by atoms with E-state index in [4.69, 9.17) is 9.84 Å². The number of amides is 2. The summed E-state index contributed by atoms with van der Waals surface area (Å²) in [7, 11) is 0. The van der Waals surface area contributed by atoms with Crippen molar-refractivity contribution in [3.05, 3.63) is 59.7 Å². The minimum absolute atomic E-state index is 0.00518. The molecule has 1 atom stereocenters. The topological polar surface area (TPSA) is 105 Å². The lowest BCUT2D eigenvalue weighted by Crippen LogP contribution is -2.53. The number of carbonyl (C=O) groups is 3. The van der Waals surface area contributed by atoms with E-state index < -0.39 is 18.1 Å². The van der Waals surface area contributed by atoms with E-state index in [0.717, 1.165) is 33.8 Å². The molecular weight excluding hydrogens is 416 g/mol. The Kier molecular flexibility index (Phi) is 6.46. The van der Waals surface area contributed by atoms with E-state index in [1.165, 1.54) is 0 Å². The molecule has 2 aromatic rings. The summed E-state index contributed by atoms with van der Waals surface area (Å²) in [5.74, 6) is 0.160. The number of rotatable bonds is 8. The summed E-state index contributed by atoms with van der Waals surface area (Å²) < 4.78 is 5.49. The zero-order valence-electron chi connectivity index (χ0n) is 16.9. The van der Waals surface area contributed by atoms with Crippen molar-refractivity contribution in [1.82, 2.24) is 10.6 Å². The third kappa shape index (κ3) is 4.85. The molecule has 2 amide bonds. The summed E-state index contributed by atoms with van der Waals surface area (Å²) in [4.78, 5) is 35.9. The molecule has 8 heteroatoms. The molecule has 162 valence electrons. The number of hydrogen-bond donors (Lipinski definition) is 3. The predicted molar refractivity (Wildman–Crippen MR) is 118 cm³/mol. The number of nitrogens with one attached hydrogen (secondary N) is 2. The molecule has 0 saturated carbocycles. The van der Waals surface area contributed by atoms with Gasteiger partial charge in [0, 0.05) is 29.9 Å². The number of carboxylic acids is 1. The lowest BCUT2D eigenvalue weighted by atomic mass is 9.98. The molecule has 0 aromatic heterocycles. The van der Waals surface area contributed by atoms with Crippen molar-refractivity contribution in [2.24, 2.45) is 0 Å². The largest absolute Gasteiger partial charge is 0.481 e. The van der Waals surface area contributed by atoms with Crippen LogP contribution in [-0.2, 0) is 14.3 Å². The van der Waals surface area contributed by atoms with Crippen LogP contribution in [0.2, 0.25) is 0 Å². The molecule has 1 heterocycles. The van der Waals surface area contributed by atoms with Gasteiger partial charge in [0.15, 0.2) is 0 Å². The smallest absolute Gasteiger partial charge is 0.407 e. The molecule has 2 aromatic carbocycles. The zero-order chi connectivity index (χ0) is 21.8. The van der Waals surface area contributed by atoms with Crippen LogP contribution in [0.4, 0.5) is 4.79 Å². The van der Waals surface area contributed by atoms with E-state index in [1.807, 2.05) is 36.4 Å². The van der Waals surface area contributed by atoms with Gasteiger partial charge >= 0.3 is 12.1 Å². The summed E-state index contributed by atoms with van der Waals surface area (Å²) in [6, 6.07) is 15.2. The van der Waals surface area contributed by atoms with Crippen molar-refractivity contribution in [1.29, 1.82) is 0 Å². The first kappa shape index (κ1) is 21.2. The van der Waals surface area contributed by atoms with Crippen LogP contribution in [0.25, 0.3) is 11.1 Å². The maximum Gasteiger partial charge on any atom is 0.407 e. The van der Waals surface area contributed by atoms with Crippen molar-refractivity contribution < 1.29 is 24.2 Å². The lowest BCUT2D eigenvalue weighted by Gasteiger charge is -2.28. The number of aliphatic carboxylic acids is 1. The molecule has 2 aliphatic rings. The first-order chi connectivity index (χ1) is 15.0. The fourth-order valence-electron chi connectivity index (χ4n) is 3.94. The molecule has 1 saturated heterocycles. The van der Waals surface area contributed by atoms with Gasteiger partial charge in [0.05, 0.1) is 0 Å². The van der Waals surface area contributed by atoms with Crippen LogP contribution < -0.4 is 10.6 Å². The molecule has 1 unspecified atom stereocenters. The Morgan fingerprint density at radius 1 is 1.03 bits per heavy atom. The predicted octanol–water partition coefficient (Wildman–Crippen LogP) is 2.99. The number of carboxylic acid groups (broad SMARTS) is 1. The average Bonchev–Trinajstić information content (AvgIpc) is 3.06. The lowest BCUT2D eigenvalue weighted by molar-refractivity contribution is -0.137. The molecule has 1 fully saturated rings. The second kappa shape index (κ2) is 9.43. The average molecular weight is 441 g/mol. The Morgan fingerprint density at radius 2 is 1.65 bits per heavy atom. The fraction of sp³-hybridized carbons (Fsp3) is 0.348. The zero-order valence-corrected chi connectivity index (χ0v) is 17.7. The van der Waals surface area contributed by atoms with E-state index >= 15 is 0 Å². The van der Waals surface area contributed by atoms with Crippen molar-refractivity contribution in [3.8, 4) is 11.1 Å². The van der Waals surface area contributed by atoms with Gasteiger partial charge in [-0.15, -0.1) is 0 Å². The van der Waals surface area contributed by atoms with Gasteiger partial charge in [0.25, 0.3) is 0 Å². The fourth-order valence-corrected chi connectivity index (χ4v) is 4.58. The van der Waals surface area contributed by atoms with Crippen LogP contribution in [0.3, 0.4) is 0 Å². The standard InChI is InChI=1S/C23H24N2O5S/c26-21(27)10-9-20(22(28)24-14-12-31-13-14)25-23(29)30-11-19-17-7-3-1-5-15(17)16-6-2-4-8-18(16)19/h1-8,14,19-20H,9-13H2,(H,24,28)(H,25,29)(H,26,27). The second-order valence-corrected chi connectivity index (χ2v) is 8.77. The Balaban J connectivity index is 1.40. The van der Waals surface area contributed by atoms with Crippen molar-refractivity contribution >= 4 is 29.7 Å². The molecule has 7 nitrogen and oxygen atoms in total. The third-order valence-corrected chi connectivity index (χ3v) is 6.86. The highest BCUT2D eigenvalue weighted by Gasteiger charge is 2.30. The van der Waals surface area contributed by atoms with Crippen molar-refractivity contribution in [2.45, 2.75) is 30.8 Å². The molecule has 0 bridgehead atoms. The summed E-state index contributed by atoms with van der Waals surface area (Å²) in [5, 5.41) is 14.4. The number of hydrogen-bond acceptors (Lipinski definition) is 5. The minimum Gasteiger partial charge on any atom is -0.481 e. The number of carbonyl (C=O) groups excluding carboxylic acids is 2. The Labute approximate surface area is 184 Å². The SMILES string of the molecule is O=C(O)CCC(NC(=O)OCC1c2ccccc2-c2ccccc21)C(=O)NC1CSC1. The van der Waals surface area contributed by atoms with Crippen molar-refractivity contribution in [3.63, 3.8) is 0 Å². The van der Waals surface area contributed by atoms with Crippen LogP contribution in [0.1, 0.15) is 29.9 Å². The monoisotopic (exact) mass is 440 g/mol. The van der Waals surface area contributed by atoms with Crippen LogP contribution in [-0.4, -0.2) is 53.3 Å². The molecule has 4 rings (SSSR count). The highest BCUT2D eigenvalue weighted by atomic mass is 32.2. The third-order valence-electron chi connectivity index (χ3n) is 5.58. The van der Waals surface area contributed by atoms with Crippen LogP contribution >= 0.6 is 11.8 Å². The van der Waals surface area contributed by atoms with Gasteiger partial charge in [-0.3, -0.25) is 9.59 Å². The second-order valence-electron chi connectivity index (χ2n) is 7.70. The number of alkyl carbamates (subject to hydrolysis) is 1.